The minimum atomic E-state index is -0.383. The minimum absolute atomic E-state index is 0.278. The van der Waals surface area contributed by atoms with Crippen molar-refractivity contribution in [2.24, 2.45) is 0 Å². The van der Waals surface area contributed by atoms with Gasteiger partial charge in [0.1, 0.15) is 5.69 Å². The van der Waals surface area contributed by atoms with Crippen molar-refractivity contribution in [1.82, 2.24) is 20.4 Å². The number of nitrogens with zero attached hydrogens (tertiary/aromatic N) is 1. The van der Waals surface area contributed by atoms with E-state index in [4.69, 9.17) is 0 Å². The second-order valence-electron chi connectivity index (χ2n) is 5.24. The molecule has 2 aromatic rings. The van der Waals surface area contributed by atoms with Crippen molar-refractivity contribution in [2.45, 2.75) is 33.7 Å². The largest absolute Gasteiger partial charge is 0.357 e. The number of carbonyl (C=O) groups excluding carboxylic acids is 2. The van der Waals surface area contributed by atoms with E-state index in [1.807, 2.05) is 19.9 Å². The maximum Gasteiger partial charge on any atom is 0.286 e. The number of hydrazine groups is 1. The molecule has 0 saturated heterocycles. The summed E-state index contributed by atoms with van der Waals surface area (Å²) in [6, 6.07) is 5.45. The van der Waals surface area contributed by atoms with E-state index in [9.17, 15) is 9.59 Å². The smallest absolute Gasteiger partial charge is 0.286 e. The van der Waals surface area contributed by atoms with Crippen molar-refractivity contribution in [3.63, 3.8) is 0 Å². The van der Waals surface area contributed by atoms with Crippen LogP contribution < -0.4 is 10.9 Å². The molecule has 0 unspecified atom stereocenters. The van der Waals surface area contributed by atoms with Gasteiger partial charge in [-0.05, 0) is 45.9 Å². The molecule has 0 radical (unpaired) electrons. The molecular weight excluding hydrogens is 268 g/mol. The molecule has 2 aromatic heterocycles. The summed E-state index contributed by atoms with van der Waals surface area (Å²) in [7, 11) is 0. The standard InChI is InChI=1S/C15H20N4O2/c1-9(2)19-10(3)8-12(11(19)4)14(20)17-18-15(21)13-6-5-7-16-13/h5-9,16H,1-4H3,(H,17,20)(H,18,21). The maximum atomic E-state index is 12.2. The lowest BCUT2D eigenvalue weighted by atomic mass is 10.2. The zero-order valence-electron chi connectivity index (χ0n) is 12.7. The first-order chi connectivity index (χ1) is 9.91. The van der Waals surface area contributed by atoms with Crippen LogP contribution in [0, 0.1) is 13.8 Å². The number of amides is 2. The molecule has 0 aliphatic heterocycles. The van der Waals surface area contributed by atoms with E-state index in [1.54, 1.807) is 18.3 Å². The summed E-state index contributed by atoms with van der Waals surface area (Å²) in [4.78, 5) is 26.7. The molecule has 112 valence electrons. The first-order valence-corrected chi connectivity index (χ1v) is 6.84. The van der Waals surface area contributed by atoms with Gasteiger partial charge >= 0.3 is 0 Å². The van der Waals surface area contributed by atoms with E-state index in [1.165, 1.54) is 0 Å². The molecule has 0 aliphatic carbocycles. The fraction of sp³-hybridized carbons (Fsp3) is 0.333. The summed E-state index contributed by atoms with van der Waals surface area (Å²) >= 11 is 0. The summed E-state index contributed by atoms with van der Waals surface area (Å²) in [6.07, 6.45) is 1.65. The highest BCUT2D eigenvalue weighted by molar-refractivity contribution is 5.99. The van der Waals surface area contributed by atoms with Crippen molar-refractivity contribution in [2.75, 3.05) is 0 Å². The van der Waals surface area contributed by atoms with Gasteiger partial charge in [0, 0.05) is 23.6 Å². The van der Waals surface area contributed by atoms with E-state index in [-0.39, 0.29) is 17.9 Å². The van der Waals surface area contributed by atoms with Gasteiger partial charge in [-0.15, -0.1) is 0 Å². The van der Waals surface area contributed by atoms with Crippen LogP contribution in [0.5, 0.6) is 0 Å². The van der Waals surface area contributed by atoms with Gasteiger partial charge in [0.25, 0.3) is 11.8 Å². The third-order valence-corrected chi connectivity index (χ3v) is 3.38. The van der Waals surface area contributed by atoms with Crippen molar-refractivity contribution in [3.8, 4) is 0 Å². The van der Waals surface area contributed by atoms with Crippen LogP contribution in [0.3, 0.4) is 0 Å². The molecule has 0 spiro atoms. The second kappa shape index (κ2) is 5.87. The molecule has 0 bridgehead atoms. The van der Waals surface area contributed by atoms with Gasteiger partial charge in [-0.3, -0.25) is 20.4 Å². The number of nitrogens with one attached hydrogen (secondary N) is 3. The van der Waals surface area contributed by atoms with Crippen LogP contribution >= 0.6 is 0 Å². The number of rotatable bonds is 3. The van der Waals surface area contributed by atoms with Crippen molar-refractivity contribution in [3.05, 3.63) is 47.0 Å². The fourth-order valence-electron chi connectivity index (χ4n) is 2.52. The van der Waals surface area contributed by atoms with Gasteiger partial charge in [-0.25, -0.2) is 0 Å². The zero-order chi connectivity index (χ0) is 15.6. The summed E-state index contributed by atoms with van der Waals surface area (Å²) in [5.41, 5.74) is 7.68. The Labute approximate surface area is 123 Å². The average Bonchev–Trinajstić information content (AvgIpc) is 3.03. The van der Waals surface area contributed by atoms with Gasteiger partial charge in [0.15, 0.2) is 0 Å². The maximum absolute atomic E-state index is 12.2. The third kappa shape index (κ3) is 2.99. The summed E-state index contributed by atoms with van der Waals surface area (Å²) in [5, 5.41) is 0. The molecule has 21 heavy (non-hydrogen) atoms. The third-order valence-electron chi connectivity index (χ3n) is 3.38. The predicted octanol–water partition coefficient (Wildman–Crippen LogP) is 2.09. The minimum Gasteiger partial charge on any atom is -0.357 e. The van der Waals surface area contributed by atoms with Crippen LogP contribution in [-0.4, -0.2) is 21.4 Å². The Morgan fingerprint density at radius 1 is 1.19 bits per heavy atom. The summed E-state index contributed by atoms with van der Waals surface area (Å²) < 4.78 is 2.09. The Morgan fingerprint density at radius 2 is 1.86 bits per heavy atom. The van der Waals surface area contributed by atoms with Crippen LogP contribution in [0.1, 0.15) is 52.1 Å². The highest BCUT2D eigenvalue weighted by atomic mass is 16.2. The Hall–Kier alpha value is -2.50. The number of hydrogen-bond donors (Lipinski definition) is 3. The first kappa shape index (κ1) is 14.9. The SMILES string of the molecule is Cc1cc(C(=O)NNC(=O)c2ccc[nH]2)c(C)n1C(C)C. The molecule has 0 saturated carbocycles. The molecular formula is C15H20N4O2. The Kier molecular flexibility index (Phi) is 4.16. The summed E-state index contributed by atoms with van der Waals surface area (Å²) in [5.74, 6) is -0.707. The molecule has 6 heteroatoms. The van der Waals surface area contributed by atoms with Gasteiger partial charge in [-0.1, -0.05) is 0 Å². The van der Waals surface area contributed by atoms with Crippen LogP contribution in [0.15, 0.2) is 24.4 Å². The molecule has 0 aliphatic rings. The van der Waals surface area contributed by atoms with Gasteiger partial charge in [0.2, 0.25) is 0 Å². The number of aromatic nitrogens is 2. The van der Waals surface area contributed by atoms with E-state index < -0.39 is 0 Å². The predicted molar refractivity (Wildman–Crippen MR) is 80.0 cm³/mol. The van der Waals surface area contributed by atoms with Gasteiger partial charge < -0.3 is 9.55 Å². The quantitative estimate of drug-likeness (QED) is 0.756. The van der Waals surface area contributed by atoms with E-state index in [0.29, 0.717) is 11.3 Å². The van der Waals surface area contributed by atoms with Crippen LogP contribution in [0.25, 0.3) is 0 Å². The second-order valence-corrected chi connectivity index (χ2v) is 5.24. The molecule has 3 N–H and O–H groups in total. The molecule has 2 heterocycles. The van der Waals surface area contributed by atoms with Gasteiger partial charge in [0.05, 0.1) is 5.56 Å². The van der Waals surface area contributed by atoms with Crippen molar-refractivity contribution >= 4 is 11.8 Å². The van der Waals surface area contributed by atoms with E-state index >= 15 is 0 Å². The Morgan fingerprint density at radius 3 is 2.38 bits per heavy atom. The lowest BCUT2D eigenvalue weighted by Crippen LogP contribution is -2.41. The van der Waals surface area contributed by atoms with Crippen LogP contribution in [0.4, 0.5) is 0 Å². The molecule has 2 amide bonds. The average molecular weight is 288 g/mol. The van der Waals surface area contributed by atoms with Crippen LogP contribution in [-0.2, 0) is 0 Å². The monoisotopic (exact) mass is 288 g/mol. The normalized spacial score (nSPS) is 10.7. The number of carbonyl (C=O) groups is 2. The lowest BCUT2D eigenvalue weighted by molar-refractivity contribution is 0.0844. The first-order valence-electron chi connectivity index (χ1n) is 6.84. The number of aryl methyl sites for hydroxylation is 1. The molecule has 0 atom stereocenters. The number of hydrogen-bond acceptors (Lipinski definition) is 2. The molecule has 0 aromatic carbocycles. The topological polar surface area (TPSA) is 78.9 Å². The van der Waals surface area contributed by atoms with Crippen molar-refractivity contribution in [1.29, 1.82) is 0 Å². The Balaban J connectivity index is 2.08. The highest BCUT2D eigenvalue weighted by Crippen LogP contribution is 2.19. The molecule has 2 rings (SSSR count). The fourth-order valence-corrected chi connectivity index (χ4v) is 2.52. The van der Waals surface area contributed by atoms with Crippen molar-refractivity contribution < 1.29 is 9.59 Å². The van der Waals surface area contributed by atoms with E-state index in [2.05, 4.69) is 34.3 Å². The lowest BCUT2D eigenvalue weighted by Gasteiger charge is -2.13. The highest BCUT2D eigenvalue weighted by Gasteiger charge is 2.17. The molecule has 6 nitrogen and oxygen atoms in total. The van der Waals surface area contributed by atoms with Crippen LogP contribution in [0.2, 0.25) is 0 Å². The van der Waals surface area contributed by atoms with E-state index in [0.717, 1.165) is 11.4 Å². The zero-order valence-corrected chi connectivity index (χ0v) is 12.7. The van der Waals surface area contributed by atoms with Gasteiger partial charge in [-0.2, -0.15) is 0 Å². The number of aromatic amines is 1. The molecule has 0 fully saturated rings. The Bertz CT molecular complexity index is 654. The number of H-pyrrole nitrogens is 1. The summed E-state index contributed by atoms with van der Waals surface area (Å²) in [6.45, 7) is 7.99.